The van der Waals surface area contributed by atoms with Crippen LogP contribution in [0.25, 0.3) is 0 Å². The third-order valence-corrected chi connectivity index (χ3v) is 1.59. The van der Waals surface area contributed by atoms with Gasteiger partial charge in [0.15, 0.2) is 0 Å². The molecule has 0 spiro atoms. The van der Waals surface area contributed by atoms with Crippen LogP contribution in [0.4, 0.5) is 11.5 Å². The van der Waals surface area contributed by atoms with Gasteiger partial charge in [0.2, 0.25) is 5.91 Å². The molecule has 0 aliphatic carbocycles. The summed E-state index contributed by atoms with van der Waals surface area (Å²) >= 11 is 0. The number of hydrogen-bond acceptors (Lipinski definition) is 5. The number of aliphatic hydroxyl groups is 1. The average Bonchev–Trinajstić information content (AvgIpc) is 2.14. The van der Waals surface area contributed by atoms with Crippen LogP contribution in [0.5, 0.6) is 0 Å². The predicted octanol–water partition coefficient (Wildman–Crippen LogP) is -1.08. The van der Waals surface area contributed by atoms with Gasteiger partial charge in [0.25, 0.3) is 0 Å². The summed E-state index contributed by atoms with van der Waals surface area (Å²) in [7, 11) is 0. The summed E-state index contributed by atoms with van der Waals surface area (Å²) in [5, 5.41) is 11.8. The van der Waals surface area contributed by atoms with Crippen LogP contribution in [0.15, 0.2) is 18.3 Å². The Morgan fingerprint density at radius 2 is 2.43 bits per heavy atom. The number of hydrogen-bond donors (Lipinski definition) is 4. The highest BCUT2D eigenvalue weighted by Crippen LogP contribution is 2.07. The van der Waals surface area contributed by atoms with E-state index in [1.807, 2.05) is 0 Å². The first kappa shape index (κ1) is 10.3. The van der Waals surface area contributed by atoms with Crippen molar-refractivity contribution in [3.63, 3.8) is 0 Å². The molecule has 0 aliphatic rings. The van der Waals surface area contributed by atoms with Crippen LogP contribution in [0.2, 0.25) is 0 Å². The third kappa shape index (κ3) is 2.91. The largest absolute Gasteiger partial charge is 0.399 e. The second kappa shape index (κ2) is 4.43. The normalized spacial score (nSPS) is 12.1. The molecule has 0 saturated heterocycles. The van der Waals surface area contributed by atoms with E-state index >= 15 is 0 Å². The fourth-order valence-corrected chi connectivity index (χ4v) is 0.845. The lowest BCUT2D eigenvalue weighted by Gasteiger charge is -2.08. The Morgan fingerprint density at radius 3 is 3.00 bits per heavy atom. The summed E-state index contributed by atoms with van der Waals surface area (Å²) in [5.74, 6) is -0.285. The molecule has 14 heavy (non-hydrogen) atoms. The minimum atomic E-state index is -1.22. The third-order valence-electron chi connectivity index (χ3n) is 1.59. The first-order chi connectivity index (χ1) is 6.59. The quantitative estimate of drug-likeness (QED) is 0.489. The Balaban J connectivity index is 2.49. The Morgan fingerprint density at radius 1 is 1.71 bits per heavy atom. The van der Waals surface area contributed by atoms with E-state index in [0.717, 1.165) is 0 Å². The van der Waals surface area contributed by atoms with E-state index in [4.69, 9.17) is 16.6 Å². The molecule has 1 aromatic rings. The fraction of sp³-hybridized carbons (Fsp3) is 0.250. The van der Waals surface area contributed by atoms with Crippen molar-refractivity contribution in [2.45, 2.75) is 6.10 Å². The number of nitrogens with one attached hydrogen (secondary N) is 1. The number of pyridine rings is 1. The van der Waals surface area contributed by atoms with Gasteiger partial charge in [-0.1, -0.05) is 0 Å². The van der Waals surface area contributed by atoms with E-state index in [1.54, 1.807) is 12.1 Å². The first-order valence-electron chi connectivity index (χ1n) is 4.02. The van der Waals surface area contributed by atoms with Crippen LogP contribution in [-0.2, 0) is 4.79 Å². The molecular formula is C8H12N4O2. The van der Waals surface area contributed by atoms with E-state index < -0.39 is 12.0 Å². The zero-order valence-electron chi connectivity index (χ0n) is 7.47. The number of primary amides is 1. The smallest absolute Gasteiger partial charge is 0.248 e. The van der Waals surface area contributed by atoms with Crippen LogP contribution >= 0.6 is 0 Å². The zero-order valence-corrected chi connectivity index (χ0v) is 7.47. The monoisotopic (exact) mass is 196 g/mol. The maximum Gasteiger partial charge on any atom is 0.248 e. The van der Waals surface area contributed by atoms with Gasteiger partial charge in [0.1, 0.15) is 11.9 Å². The van der Waals surface area contributed by atoms with Gasteiger partial charge in [-0.2, -0.15) is 0 Å². The number of carbonyl (C=O) groups excluding carboxylic acids is 1. The van der Waals surface area contributed by atoms with Gasteiger partial charge in [0, 0.05) is 18.0 Å². The molecule has 0 saturated carbocycles. The molecule has 0 aliphatic heterocycles. The van der Waals surface area contributed by atoms with E-state index in [-0.39, 0.29) is 6.54 Å². The van der Waals surface area contributed by atoms with Crippen molar-refractivity contribution in [2.75, 3.05) is 17.6 Å². The van der Waals surface area contributed by atoms with Crippen LogP contribution in [0.3, 0.4) is 0 Å². The maximum atomic E-state index is 10.5. The number of anilines is 2. The summed E-state index contributed by atoms with van der Waals surface area (Å²) in [6.45, 7) is 0.0196. The number of amides is 1. The van der Waals surface area contributed by atoms with Gasteiger partial charge in [-0.15, -0.1) is 0 Å². The van der Waals surface area contributed by atoms with Crippen molar-refractivity contribution in [1.82, 2.24) is 4.98 Å². The standard InChI is InChI=1S/C8H12N4O2/c9-5-1-2-11-7(3-5)12-4-6(13)8(10)14/h1-3,6,13H,4H2,(H2,10,14)(H3,9,11,12). The van der Waals surface area contributed by atoms with Crippen molar-refractivity contribution in [2.24, 2.45) is 5.73 Å². The Kier molecular flexibility index (Phi) is 3.24. The molecule has 1 heterocycles. The van der Waals surface area contributed by atoms with Gasteiger partial charge in [-0.3, -0.25) is 4.79 Å². The van der Waals surface area contributed by atoms with Gasteiger partial charge in [-0.25, -0.2) is 4.98 Å². The average molecular weight is 196 g/mol. The van der Waals surface area contributed by atoms with E-state index in [2.05, 4.69) is 10.3 Å². The first-order valence-corrected chi connectivity index (χ1v) is 4.02. The van der Waals surface area contributed by atoms with Crippen molar-refractivity contribution < 1.29 is 9.90 Å². The Bertz CT molecular complexity index is 329. The number of carbonyl (C=O) groups is 1. The number of aliphatic hydroxyl groups excluding tert-OH is 1. The van der Waals surface area contributed by atoms with Crippen molar-refractivity contribution in [1.29, 1.82) is 0 Å². The number of nitrogen functional groups attached to an aromatic ring is 1. The summed E-state index contributed by atoms with van der Waals surface area (Å²) < 4.78 is 0. The number of nitrogens with two attached hydrogens (primary N) is 2. The molecule has 1 atom stereocenters. The molecule has 1 rings (SSSR count). The lowest BCUT2D eigenvalue weighted by Crippen LogP contribution is -2.34. The molecule has 6 nitrogen and oxygen atoms in total. The second-order valence-electron chi connectivity index (χ2n) is 2.77. The number of rotatable bonds is 4. The Hall–Kier alpha value is -1.82. The highest BCUT2D eigenvalue weighted by molar-refractivity contribution is 5.79. The van der Waals surface area contributed by atoms with Crippen LogP contribution < -0.4 is 16.8 Å². The molecule has 76 valence electrons. The number of nitrogens with zero attached hydrogens (tertiary/aromatic N) is 1. The topological polar surface area (TPSA) is 114 Å². The lowest BCUT2D eigenvalue weighted by atomic mass is 10.3. The Labute approximate surface area is 80.9 Å². The minimum absolute atomic E-state index is 0.0196. The molecule has 0 radical (unpaired) electrons. The highest BCUT2D eigenvalue weighted by Gasteiger charge is 2.09. The molecule has 6 N–H and O–H groups in total. The van der Waals surface area contributed by atoms with Crippen LogP contribution in [-0.4, -0.2) is 28.6 Å². The summed E-state index contributed by atoms with van der Waals surface area (Å²) in [6, 6.07) is 3.23. The molecule has 6 heteroatoms. The molecule has 0 bridgehead atoms. The van der Waals surface area contributed by atoms with E-state index in [0.29, 0.717) is 11.5 Å². The summed E-state index contributed by atoms with van der Waals surface area (Å²) in [6.07, 6.45) is 0.298. The van der Waals surface area contributed by atoms with Crippen molar-refractivity contribution in [3.8, 4) is 0 Å². The van der Waals surface area contributed by atoms with Gasteiger partial charge in [-0.05, 0) is 6.07 Å². The summed E-state index contributed by atoms with van der Waals surface area (Å²) in [5.41, 5.74) is 10.9. The predicted molar refractivity (Wildman–Crippen MR) is 52.3 cm³/mol. The van der Waals surface area contributed by atoms with Crippen LogP contribution in [0.1, 0.15) is 0 Å². The summed E-state index contributed by atoms with van der Waals surface area (Å²) in [4.78, 5) is 14.4. The highest BCUT2D eigenvalue weighted by atomic mass is 16.3. The fourth-order valence-electron chi connectivity index (χ4n) is 0.845. The molecule has 0 fully saturated rings. The molecule has 1 aromatic heterocycles. The maximum absolute atomic E-state index is 10.5. The van der Waals surface area contributed by atoms with Crippen molar-refractivity contribution in [3.05, 3.63) is 18.3 Å². The van der Waals surface area contributed by atoms with E-state index in [9.17, 15) is 4.79 Å². The molecule has 1 unspecified atom stereocenters. The SMILES string of the molecule is NC(=O)C(O)CNc1cc(N)ccn1. The van der Waals surface area contributed by atoms with Crippen molar-refractivity contribution >= 4 is 17.4 Å². The molecular weight excluding hydrogens is 184 g/mol. The van der Waals surface area contributed by atoms with Gasteiger partial charge >= 0.3 is 0 Å². The van der Waals surface area contributed by atoms with Gasteiger partial charge in [0.05, 0.1) is 6.54 Å². The van der Waals surface area contributed by atoms with Gasteiger partial charge < -0.3 is 21.9 Å². The number of aromatic nitrogens is 1. The minimum Gasteiger partial charge on any atom is -0.399 e. The zero-order chi connectivity index (χ0) is 10.6. The van der Waals surface area contributed by atoms with E-state index in [1.165, 1.54) is 6.20 Å². The second-order valence-corrected chi connectivity index (χ2v) is 2.77. The molecule has 0 aromatic carbocycles. The molecule has 1 amide bonds. The van der Waals surface area contributed by atoms with Crippen LogP contribution in [0, 0.1) is 0 Å². The lowest BCUT2D eigenvalue weighted by molar-refractivity contribution is -0.125.